The summed E-state index contributed by atoms with van der Waals surface area (Å²) in [5.74, 6) is -5.38. The normalized spacial score (nSPS) is 30.3. The van der Waals surface area contributed by atoms with Gasteiger partial charge in [-0.25, -0.2) is 4.39 Å². The number of rotatable bonds is 5. The number of ketones is 3. The zero-order chi connectivity index (χ0) is 31.8. The molecule has 0 amide bonds. The van der Waals surface area contributed by atoms with Crippen LogP contribution in [0.5, 0.6) is 17.2 Å². The Labute approximate surface area is 238 Å². The minimum atomic E-state index is -5.32. The van der Waals surface area contributed by atoms with E-state index in [2.05, 4.69) is 4.74 Å². The van der Waals surface area contributed by atoms with Crippen molar-refractivity contribution in [2.24, 2.45) is 0 Å². The molecular weight excluding hydrogens is 592 g/mol. The predicted molar refractivity (Wildman–Crippen MR) is 130 cm³/mol. The van der Waals surface area contributed by atoms with E-state index in [9.17, 15) is 62.6 Å². The average Bonchev–Trinajstić information content (AvgIpc) is 2.96. The van der Waals surface area contributed by atoms with Gasteiger partial charge in [0.25, 0.3) is 0 Å². The Morgan fingerprint density at radius 2 is 1.72 bits per heavy atom. The van der Waals surface area contributed by atoms with Crippen molar-refractivity contribution in [3.05, 3.63) is 51.6 Å². The van der Waals surface area contributed by atoms with Gasteiger partial charge in [0.15, 0.2) is 30.1 Å². The fourth-order valence-electron chi connectivity index (χ4n) is 5.76. The Hall–Kier alpha value is -3.67. The van der Waals surface area contributed by atoms with Crippen LogP contribution in [-0.2, 0) is 20.7 Å². The maximum Gasteiger partial charge on any atom is 0.417 e. The Kier molecular flexibility index (Phi) is 7.51. The van der Waals surface area contributed by atoms with Crippen LogP contribution in [0, 0.1) is 0 Å². The second kappa shape index (κ2) is 10.5. The first-order chi connectivity index (χ1) is 20.1. The van der Waals surface area contributed by atoms with E-state index in [-0.39, 0.29) is 16.9 Å². The number of aliphatic hydroxyl groups is 4. The van der Waals surface area contributed by atoms with Gasteiger partial charge in [0.05, 0.1) is 29.9 Å². The predicted octanol–water partition coefficient (Wildman–Crippen LogP) is 0.525. The number of methoxy groups -OCH3 is 1. The topological polar surface area (TPSA) is 200 Å². The van der Waals surface area contributed by atoms with E-state index in [0.717, 1.165) is 0 Å². The van der Waals surface area contributed by atoms with Crippen molar-refractivity contribution in [3.8, 4) is 17.2 Å². The van der Waals surface area contributed by atoms with Crippen LogP contribution in [0.2, 0.25) is 0 Å². The molecule has 0 spiro atoms. The quantitative estimate of drug-likeness (QED) is 0.172. The molecule has 0 bridgehead atoms. The molecule has 43 heavy (non-hydrogen) atoms. The highest BCUT2D eigenvalue weighted by Gasteiger charge is 2.58. The molecule has 0 saturated carbocycles. The summed E-state index contributed by atoms with van der Waals surface area (Å²) in [4.78, 5) is 39.6. The van der Waals surface area contributed by atoms with E-state index in [1.807, 2.05) is 0 Å². The fourth-order valence-corrected chi connectivity index (χ4v) is 5.76. The minimum Gasteiger partial charge on any atom is -0.507 e. The first-order valence-electron chi connectivity index (χ1n) is 12.7. The number of fused-ring (bicyclic) bond motifs is 3. The Balaban J connectivity index is 1.69. The Morgan fingerprint density at radius 1 is 1.07 bits per heavy atom. The van der Waals surface area contributed by atoms with Gasteiger partial charge in [-0.05, 0) is 6.07 Å². The number of alkyl halides is 4. The molecule has 1 saturated heterocycles. The van der Waals surface area contributed by atoms with Gasteiger partial charge < -0.3 is 44.8 Å². The average molecular weight is 616 g/mol. The minimum absolute atomic E-state index is 0.0737. The summed E-state index contributed by atoms with van der Waals surface area (Å²) in [6, 6.07) is 3.96. The fraction of sp³-hybridized carbons (Fsp3) is 0.444. The molecule has 6 N–H and O–H groups in total. The highest BCUT2D eigenvalue weighted by Crippen LogP contribution is 2.53. The lowest BCUT2D eigenvalue weighted by Gasteiger charge is -2.43. The van der Waals surface area contributed by atoms with Gasteiger partial charge in [-0.3, -0.25) is 14.4 Å². The summed E-state index contributed by atoms with van der Waals surface area (Å²) in [5.41, 5.74) is -5.82. The molecule has 0 unspecified atom stereocenters. The maximum absolute atomic E-state index is 15.0. The first-order valence-corrected chi connectivity index (χ1v) is 12.7. The summed E-state index contributed by atoms with van der Waals surface area (Å²) in [5, 5.41) is 62.9. The molecule has 1 heterocycles. The van der Waals surface area contributed by atoms with Crippen molar-refractivity contribution in [2.45, 2.75) is 61.5 Å². The molecule has 2 aromatic rings. The van der Waals surface area contributed by atoms with Crippen LogP contribution < -0.4 is 4.74 Å². The Morgan fingerprint density at radius 3 is 2.33 bits per heavy atom. The number of ether oxygens (including phenoxy) is 3. The van der Waals surface area contributed by atoms with E-state index in [1.165, 1.54) is 25.3 Å². The third-order valence-corrected chi connectivity index (χ3v) is 7.89. The van der Waals surface area contributed by atoms with Crippen LogP contribution in [-0.4, -0.2) is 104 Å². The molecule has 7 atom stereocenters. The van der Waals surface area contributed by atoms with Crippen LogP contribution in [0.15, 0.2) is 18.2 Å². The van der Waals surface area contributed by atoms with Crippen LogP contribution in [0.1, 0.15) is 55.5 Å². The van der Waals surface area contributed by atoms with Crippen LogP contribution in [0.4, 0.5) is 17.6 Å². The molecule has 16 heteroatoms. The number of halogens is 4. The molecular formula is C27H24F4O12. The van der Waals surface area contributed by atoms with Crippen molar-refractivity contribution in [2.75, 3.05) is 13.7 Å². The smallest absolute Gasteiger partial charge is 0.417 e. The van der Waals surface area contributed by atoms with Crippen molar-refractivity contribution in [3.63, 3.8) is 0 Å². The highest BCUT2D eigenvalue weighted by molar-refractivity contribution is 6.31. The van der Waals surface area contributed by atoms with E-state index in [1.54, 1.807) is 0 Å². The molecule has 0 aromatic heterocycles. The van der Waals surface area contributed by atoms with E-state index < -0.39 is 119 Å². The van der Waals surface area contributed by atoms with Crippen molar-refractivity contribution < 1.29 is 76.8 Å². The lowest BCUT2D eigenvalue weighted by Crippen LogP contribution is -2.61. The zero-order valence-corrected chi connectivity index (χ0v) is 22.0. The lowest BCUT2D eigenvalue weighted by molar-refractivity contribution is -0.353. The zero-order valence-electron chi connectivity index (χ0n) is 22.0. The van der Waals surface area contributed by atoms with E-state index >= 15 is 0 Å². The molecule has 2 aliphatic carbocycles. The molecule has 1 fully saturated rings. The van der Waals surface area contributed by atoms with Crippen molar-refractivity contribution in [1.29, 1.82) is 0 Å². The monoisotopic (exact) mass is 616 g/mol. The molecule has 0 radical (unpaired) electrons. The standard InChI is InChI=1S/C27H24F4O12/c1-41-10-4-2-3-8-13(10)20(36)16-15(18(8)34)19(35)9-5-26(40,12(33)7-32)6-11(14(9)21(16)37)42-25-17(28)22(38)23(39)24(43-25)27(29,30)31/h2-4,11,17,22-25,32,35,37-40H,5-7H2,1H3/t11-,17+,22-,23-,24+,25+,26-/m0/s1. The number of hydrogen-bond acceptors (Lipinski definition) is 12. The number of hydrogen-bond donors (Lipinski definition) is 6. The van der Waals surface area contributed by atoms with E-state index in [0.29, 0.717) is 0 Å². The van der Waals surface area contributed by atoms with Crippen molar-refractivity contribution >= 4 is 17.3 Å². The number of aromatic hydroxyl groups is 2. The number of aliphatic hydroxyl groups excluding tert-OH is 3. The lowest BCUT2D eigenvalue weighted by atomic mass is 9.72. The molecule has 1 aliphatic heterocycles. The first kappa shape index (κ1) is 30.8. The van der Waals surface area contributed by atoms with Gasteiger partial charge >= 0.3 is 6.18 Å². The number of Topliss-reactive ketones (excluding diaryl/α,β-unsaturated/α-hetero) is 1. The third-order valence-electron chi connectivity index (χ3n) is 7.89. The SMILES string of the molecule is COc1cccc2c1C(=O)c1c(O)c3c(c(O)c1C2=O)C[C@@](O)(C(=O)CO)C[C@@H]3O[C@@H]1O[C@@H](C(F)(F)F)[C@@H](O)[C@@H](O)[C@H]1F. The highest BCUT2D eigenvalue weighted by atomic mass is 19.4. The summed E-state index contributed by atoms with van der Waals surface area (Å²) in [6.07, 6.45) is -23.3. The molecule has 2 aromatic carbocycles. The third kappa shape index (κ3) is 4.65. The number of benzene rings is 2. The Bertz CT molecular complexity index is 1520. The van der Waals surface area contributed by atoms with Crippen LogP contribution >= 0.6 is 0 Å². The molecule has 12 nitrogen and oxygen atoms in total. The van der Waals surface area contributed by atoms with Crippen molar-refractivity contribution in [1.82, 2.24) is 0 Å². The van der Waals surface area contributed by atoms with Gasteiger partial charge in [0.1, 0.15) is 41.7 Å². The summed E-state index contributed by atoms with van der Waals surface area (Å²) >= 11 is 0. The van der Waals surface area contributed by atoms with Gasteiger partial charge in [-0.15, -0.1) is 0 Å². The molecule has 232 valence electrons. The largest absolute Gasteiger partial charge is 0.507 e. The summed E-state index contributed by atoms with van der Waals surface area (Å²) in [7, 11) is 1.20. The van der Waals surface area contributed by atoms with Crippen LogP contribution in [0.25, 0.3) is 0 Å². The number of phenols is 2. The second-order valence-corrected chi connectivity index (χ2v) is 10.4. The van der Waals surface area contributed by atoms with Crippen LogP contribution in [0.3, 0.4) is 0 Å². The number of carbonyl (C=O) groups excluding carboxylic acids is 3. The van der Waals surface area contributed by atoms with Gasteiger partial charge in [0.2, 0.25) is 5.78 Å². The van der Waals surface area contributed by atoms with E-state index in [4.69, 9.17) is 9.47 Å². The van der Waals surface area contributed by atoms with Gasteiger partial charge in [-0.2, -0.15) is 13.2 Å². The van der Waals surface area contributed by atoms with Gasteiger partial charge in [0, 0.05) is 29.5 Å². The molecule has 5 rings (SSSR count). The maximum atomic E-state index is 15.0. The number of phenolic OH excluding ortho intramolecular Hbond substituents is 2. The van der Waals surface area contributed by atoms with Gasteiger partial charge in [-0.1, -0.05) is 12.1 Å². The summed E-state index contributed by atoms with van der Waals surface area (Å²) in [6.45, 7) is -1.27. The number of carbonyl (C=O) groups is 3. The summed E-state index contributed by atoms with van der Waals surface area (Å²) < 4.78 is 70.6. The molecule has 3 aliphatic rings. The second-order valence-electron chi connectivity index (χ2n) is 10.4.